The summed E-state index contributed by atoms with van der Waals surface area (Å²) >= 11 is 1.44. The van der Waals surface area contributed by atoms with E-state index in [-0.39, 0.29) is 0 Å². The Morgan fingerprint density at radius 1 is 1.47 bits per heavy atom. The number of benzene rings is 1. The van der Waals surface area contributed by atoms with Crippen molar-refractivity contribution in [2.24, 2.45) is 0 Å². The van der Waals surface area contributed by atoms with Crippen LogP contribution in [0.2, 0.25) is 0 Å². The number of rotatable bonds is 4. The van der Waals surface area contributed by atoms with Crippen LogP contribution in [-0.2, 0) is 6.61 Å². The average molecular weight is 246 g/mol. The second-order valence-electron chi connectivity index (χ2n) is 3.18. The van der Waals surface area contributed by atoms with Crippen molar-refractivity contribution in [2.75, 3.05) is 12.4 Å². The fourth-order valence-electron chi connectivity index (χ4n) is 1.21. The number of nitriles is 1. The van der Waals surface area contributed by atoms with Crippen molar-refractivity contribution < 1.29 is 4.74 Å². The van der Waals surface area contributed by atoms with Gasteiger partial charge in [-0.2, -0.15) is 5.26 Å². The molecule has 0 aliphatic rings. The lowest BCUT2D eigenvalue weighted by Gasteiger charge is -2.02. The highest BCUT2D eigenvalue weighted by atomic mass is 32.1. The molecule has 0 aliphatic heterocycles. The largest absolute Gasteiger partial charge is 0.486 e. The Labute approximate surface area is 103 Å². The molecule has 0 amide bonds. The molecule has 6 heteroatoms. The van der Waals surface area contributed by atoms with E-state index in [1.807, 2.05) is 0 Å². The van der Waals surface area contributed by atoms with Crippen LogP contribution in [0.4, 0.5) is 5.13 Å². The first-order valence-electron chi connectivity index (χ1n) is 4.95. The van der Waals surface area contributed by atoms with Crippen molar-refractivity contribution in [1.29, 1.82) is 5.26 Å². The molecule has 2 rings (SSSR count). The van der Waals surface area contributed by atoms with Crippen LogP contribution in [0.15, 0.2) is 24.3 Å². The average Bonchev–Trinajstić information content (AvgIpc) is 2.84. The predicted molar refractivity (Wildman–Crippen MR) is 64.9 cm³/mol. The molecule has 86 valence electrons. The first-order valence-corrected chi connectivity index (χ1v) is 5.76. The number of ether oxygens (including phenoxy) is 1. The minimum absolute atomic E-state index is 0.355. The molecule has 0 saturated heterocycles. The molecule has 1 aromatic heterocycles. The predicted octanol–water partition coefficient (Wildman–Crippen LogP) is 2.03. The van der Waals surface area contributed by atoms with Crippen molar-refractivity contribution in [2.45, 2.75) is 6.61 Å². The van der Waals surface area contributed by atoms with Crippen LogP contribution in [0.25, 0.3) is 0 Å². The van der Waals surface area contributed by atoms with Crippen LogP contribution in [-0.4, -0.2) is 17.2 Å². The number of aromatic nitrogens is 2. The standard InChI is InChI=1S/C11H10N4OS/c1-13-11-15-14-10(17-11)7-16-9-4-2-3-8(5-9)6-12/h2-5H,7H2,1H3,(H,13,15). The van der Waals surface area contributed by atoms with Gasteiger partial charge in [-0.15, -0.1) is 10.2 Å². The first-order chi connectivity index (χ1) is 8.31. The van der Waals surface area contributed by atoms with Gasteiger partial charge in [0, 0.05) is 7.05 Å². The van der Waals surface area contributed by atoms with Gasteiger partial charge in [0.1, 0.15) is 12.4 Å². The van der Waals surface area contributed by atoms with Gasteiger partial charge < -0.3 is 10.1 Å². The lowest BCUT2D eigenvalue weighted by Crippen LogP contribution is -1.94. The summed E-state index contributed by atoms with van der Waals surface area (Å²) in [5.41, 5.74) is 0.579. The van der Waals surface area contributed by atoms with E-state index < -0.39 is 0 Å². The second kappa shape index (κ2) is 5.27. The molecule has 0 aliphatic carbocycles. The summed E-state index contributed by atoms with van der Waals surface area (Å²) in [6.07, 6.45) is 0. The first kappa shape index (κ1) is 11.4. The van der Waals surface area contributed by atoms with Crippen molar-refractivity contribution in [3.8, 4) is 11.8 Å². The molecule has 0 fully saturated rings. The molecule has 5 nitrogen and oxygen atoms in total. The van der Waals surface area contributed by atoms with Crippen molar-refractivity contribution >= 4 is 16.5 Å². The topological polar surface area (TPSA) is 70.8 Å². The van der Waals surface area contributed by atoms with E-state index >= 15 is 0 Å². The SMILES string of the molecule is CNc1nnc(COc2cccc(C#N)c2)s1. The molecule has 0 unspecified atom stereocenters. The highest BCUT2D eigenvalue weighted by Gasteiger charge is 2.03. The third-order valence-corrected chi connectivity index (χ3v) is 2.92. The highest BCUT2D eigenvalue weighted by molar-refractivity contribution is 7.15. The summed E-state index contributed by atoms with van der Waals surface area (Å²) in [7, 11) is 1.79. The summed E-state index contributed by atoms with van der Waals surface area (Å²) in [5.74, 6) is 0.658. The van der Waals surface area contributed by atoms with Gasteiger partial charge in [-0.1, -0.05) is 17.4 Å². The summed E-state index contributed by atoms with van der Waals surface area (Å²) in [6.45, 7) is 0.355. The minimum atomic E-state index is 0.355. The molecule has 2 aromatic rings. The van der Waals surface area contributed by atoms with E-state index in [1.165, 1.54) is 11.3 Å². The van der Waals surface area contributed by atoms with Crippen molar-refractivity contribution in [3.63, 3.8) is 0 Å². The van der Waals surface area contributed by atoms with Crippen LogP contribution >= 0.6 is 11.3 Å². The number of nitrogens with one attached hydrogen (secondary N) is 1. The highest BCUT2D eigenvalue weighted by Crippen LogP contribution is 2.18. The fourth-order valence-corrected chi connectivity index (χ4v) is 1.82. The lowest BCUT2D eigenvalue weighted by atomic mass is 10.2. The van der Waals surface area contributed by atoms with Gasteiger partial charge in [0.15, 0.2) is 5.01 Å². The van der Waals surface area contributed by atoms with E-state index in [1.54, 1.807) is 31.3 Å². The quantitative estimate of drug-likeness (QED) is 0.893. The number of nitrogens with zero attached hydrogens (tertiary/aromatic N) is 3. The number of hydrogen-bond donors (Lipinski definition) is 1. The second-order valence-corrected chi connectivity index (χ2v) is 4.24. The van der Waals surface area contributed by atoms with Crippen LogP contribution < -0.4 is 10.1 Å². The summed E-state index contributed by atoms with van der Waals surface area (Å²) < 4.78 is 5.52. The Kier molecular flexibility index (Phi) is 3.52. The molecule has 1 N–H and O–H groups in total. The Balaban J connectivity index is 1.99. The van der Waals surface area contributed by atoms with Gasteiger partial charge in [0.25, 0.3) is 0 Å². The molecular weight excluding hydrogens is 236 g/mol. The number of hydrogen-bond acceptors (Lipinski definition) is 6. The maximum absolute atomic E-state index is 8.75. The van der Waals surface area contributed by atoms with Gasteiger partial charge in [-0.25, -0.2) is 0 Å². The van der Waals surface area contributed by atoms with Gasteiger partial charge in [0.2, 0.25) is 5.13 Å². The summed E-state index contributed by atoms with van der Waals surface area (Å²) in [4.78, 5) is 0. The Morgan fingerprint density at radius 3 is 3.06 bits per heavy atom. The van der Waals surface area contributed by atoms with Crippen molar-refractivity contribution in [1.82, 2.24) is 10.2 Å². The maximum Gasteiger partial charge on any atom is 0.205 e. The molecule has 1 aromatic carbocycles. The van der Waals surface area contributed by atoms with Crippen LogP contribution in [0.1, 0.15) is 10.6 Å². The molecule has 0 atom stereocenters. The van der Waals surface area contributed by atoms with E-state index in [0.717, 1.165) is 10.1 Å². The van der Waals surface area contributed by atoms with Gasteiger partial charge in [-0.05, 0) is 18.2 Å². The zero-order chi connectivity index (χ0) is 12.1. The van der Waals surface area contributed by atoms with Gasteiger partial charge in [0.05, 0.1) is 11.6 Å². The molecule has 0 radical (unpaired) electrons. The molecule has 0 spiro atoms. The third-order valence-electron chi connectivity index (χ3n) is 2.01. The normalized spacial score (nSPS) is 9.65. The fraction of sp³-hybridized carbons (Fsp3) is 0.182. The maximum atomic E-state index is 8.75. The lowest BCUT2D eigenvalue weighted by molar-refractivity contribution is 0.304. The van der Waals surface area contributed by atoms with E-state index in [0.29, 0.717) is 17.9 Å². The Hall–Kier alpha value is -2.13. The molecular formula is C11H10N4OS. The Morgan fingerprint density at radius 2 is 2.35 bits per heavy atom. The van der Waals surface area contributed by atoms with E-state index in [2.05, 4.69) is 21.6 Å². The van der Waals surface area contributed by atoms with Crippen LogP contribution in [0.5, 0.6) is 5.75 Å². The minimum Gasteiger partial charge on any atom is -0.486 e. The zero-order valence-corrected chi connectivity index (χ0v) is 9.99. The van der Waals surface area contributed by atoms with Gasteiger partial charge >= 0.3 is 0 Å². The molecule has 0 bridgehead atoms. The van der Waals surface area contributed by atoms with E-state index in [9.17, 15) is 0 Å². The summed E-state index contributed by atoms with van der Waals surface area (Å²) in [6, 6.07) is 9.08. The van der Waals surface area contributed by atoms with Gasteiger partial charge in [-0.3, -0.25) is 0 Å². The molecule has 1 heterocycles. The Bertz CT molecular complexity index is 546. The summed E-state index contributed by atoms with van der Waals surface area (Å²) in [5, 5.41) is 21.1. The zero-order valence-electron chi connectivity index (χ0n) is 9.17. The smallest absolute Gasteiger partial charge is 0.205 e. The molecule has 17 heavy (non-hydrogen) atoms. The molecule has 0 saturated carbocycles. The van der Waals surface area contributed by atoms with Crippen LogP contribution in [0.3, 0.4) is 0 Å². The van der Waals surface area contributed by atoms with Crippen LogP contribution in [0, 0.1) is 11.3 Å². The number of anilines is 1. The van der Waals surface area contributed by atoms with E-state index in [4.69, 9.17) is 10.00 Å². The monoisotopic (exact) mass is 246 g/mol. The van der Waals surface area contributed by atoms with Crippen molar-refractivity contribution in [3.05, 3.63) is 34.8 Å². The third kappa shape index (κ3) is 2.92.